The van der Waals surface area contributed by atoms with Gasteiger partial charge in [-0.25, -0.2) is 0 Å². The summed E-state index contributed by atoms with van der Waals surface area (Å²) >= 11 is 0. The van der Waals surface area contributed by atoms with Gasteiger partial charge in [-0.15, -0.1) is 0 Å². The summed E-state index contributed by atoms with van der Waals surface area (Å²) in [6.07, 6.45) is -2.00. The number of nitro groups is 1. The highest BCUT2D eigenvalue weighted by Gasteiger charge is 2.48. The summed E-state index contributed by atoms with van der Waals surface area (Å²) in [6.45, 7) is 1.76. The van der Waals surface area contributed by atoms with Crippen molar-refractivity contribution in [3.05, 3.63) is 75.8 Å². The zero-order valence-corrected chi connectivity index (χ0v) is 14.5. The quantitative estimate of drug-likeness (QED) is 0.487. The number of aliphatic hydroxyl groups excluding tert-OH is 1. The standard InChI is InChI=1S/C19H20N2O5/c1-12(16(22)13-7-4-3-5-8-13)20(2)19(23)18-17(26-18)14-9-6-10-15(11-14)21(24)25/h3-12,16-18,22H,1-2H3/t12-,16+,17-,18+/m0/s1. The molecule has 1 heterocycles. The fourth-order valence-electron chi connectivity index (χ4n) is 2.91. The van der Waals surface area contributed by atoms with E-state index in [9.17, 15) is 20.0 Å². The normalized spacial score (nSPS) is 20.9. The van der Waals surface area contributed by atoms with Crippen LogP contribution in [0.5, 0.6) is 0 Å². The highest BCUT2D eigenvalue weighted by molar-refractivity contribution is 5.84. The monoisotopic (exact) mass is 356 g/mol. The van der Waals surface area contributed by atoms with Crippen molar-refractivity contribution in [2.24, 2.45) is 0 Å². The molecular formula is C19H20N2O5. The Hall–Kier alpha value is -2.77. The van der Waals surface area contributed by atoms with E-state index < -0.39 is 29.3 Å². The summed E-state index contributed by atoms with van der Waals surface area (Å²) in [7, 11) is 1.62. The van der Waals surface area contributed by atoms with Crippen LogP contribution >= 0.6 is 0 Å². The number of hydrogen-bond donors (Lipinski definition) is 1. The Balaban J connectivity index is 1.67. The van der Waals surface area contributed by atoms with Crippen molar-refractivity contribution >= 4 is 11.6 Å². The van der Waals surface area contributed by atoms with Crippen molar-refractivity contribution in [3.63, 3.8) is 0 Å². The number of likely N-dealkylation sites (N-methyl/N-ethyl adjacent to an activating group) is 1. The Morgan fingerprint density at radius 1 is 1.23 bits per heavy atom. The fraction of sp³-hybridized carbons (Fsp3) is 0.316. The third-order valence-corrected chi connectivity index (χ3v) is 4.70. The summed E-state index contributed by atoms with van der Waals surface area (Å²) < 4.78 is 5.46. The molecule has 0 radical (unpaired) electrons. The highest BCUT2D eigenvalue weighted by atomic mass is 16.6. The summed E-state index contributed by atoms with van der Waals surface area (Å²) in [5.74, 6) is -0.260. The van der Waals surface area contributed by atoms with Crippen molar-refractivity contribution in [1.82, 2.24) is 4.90 Å². The van der Waals surface area contributed by atoms with E-state index in [4.69, 9.17) is 4.74 Å². The van der Waals surface area contributed by atoms with Gasteiger partial charge in [0.2, 0.25) is 0 Å². The van der Waals surface area contributed by atoms with Crippen LogP contribution in [0.25, 0.3) is 0 Å². The summed E-state index contributed by atoms with van der Waals surface area (Å²) in [5.41, 5.74) is 1.29. The number of nitro benzene ring substituents is 1. The predicted molar refractivity (Wildman–Crippen MR) is 94.3 cm³/mol. The molecule has 4 atom stereocenters. The Morgan fingerprint density at radius 2 is 1.92 bits per heavy atom. The van der Waals surface area contributed by atoms with Crippen LogP contribution in [-0.4, -0.2) is 40.0 Å². The van der Waals surface area contributed by atoms with Gasteiger partial charge in [-0.05, 0) is 18.1 Å². The summed E-state index contributed by atoms with van der Waals surface area (Å²) in [6, 6.07) is 14.8. The van der Waals surface area contributed by atoms with Gasteiger partial charge >= 0.3 is 0 Å². The number of nitrogens with zero attached hydrogens (tertiary/aromatic N) is 2. The van der Waals surface area contributed by atoms with E-state index in [1.807, 2.05) is 18.2 Å². The number of epoxide rings is 1. The minimum Gasteiger partial charge on any atom is -0.386 e. The molecule has 1 N–H and O–H groups in total. The molecule has 0 unspecified atom stereocenters. The van der Waals surface area contributed by atoms with Gasteiger partial charge in [0.05, 0.1) is 17.1 Å². The average Bonchev–Trinajstić information content (AvgIpc) is 3.47. The third-order valence-electron chi connectivity index (χ3n) is 4.70. The smallest absolute Gasteiger partial charge is 0.269 e. The van der Waals surface area contributed by atoms with Gasteiger partial charge in [-0.2, -0.15) is 0 Å². The predicted octanol–water partition coefficient (Wildman–Crippen LogP) is 2.62. The number of carbonyl (C=O) groups excluding carboxylic acids is 1. The molecule has 26 heavy (non-hydrogen) atoms. The molecule has 1 saturated heterocycles. The van der Waals surface area contributed by atoms with Gasteiger partial charge in [0.25, 0.3) is 11.6 Å². The minimum absolute atomic E-state index is 0.0366. The molecule has 0 aromatic heterocycles. The van der Waals surface area contributed by atoms with E-state index in [2.05, 4.69) is 0 Å². The molecule has 2 aromatic carbocycles. The second-order valence-electron chi connectivity index (χ2n) is 6.37. The lowest BCUT2D eigenvalue weighted by Gasteiger charge is -2.29. The molecule has 1 amide bonds. The topological polar surface area (TPSA) is 96.2 Å². The van der Waals surface area contributed by atoms with Gasteiger partial charge in [0.1, 0.15) is 6.10 Å². The van der Waals surface area contributed by atoms with Crippen LogP contribution in [0.1, 0.15) is 30.3 Å². The Labute approximate surface area is 151 Å². The van der Waals surface area contributed by atoms with Crippen molar-refractivity contribution in [3.8, 4) is 0 Å². The second kappa shape index (κ2) is 7.23. The van der Waals surface area contributed by atoms with Gasteiger partial charge in [0, 0.05) is 19.2 Å². The number of amides is 1. The highest BCUT2D eigenvalue weighted by Crippen LogP contribution is 2.41. The number of benzene rings is 2. The average molecular weight is 356 g/mol. The SMILES string of the molecule is C[C@@H]([C@@H](O)c1ccccc1)N(C)C(=O)[C@@H]1O[C@H]1c1cccc([N+](=O)[O-])c1. The maximum Gasteiger partial charge on any atom is 0.269 e. The van der Waals surface area contributed by atoms with Crippen molar-refractivity contribution in [2.45, 2.75) is 31.3 Å². The molecule has 2 aromatic rings. The molecule has 0 saturated carbocycles. The molecule has 7 nitrogen and oxygen atoms in total. The van der Waals surface area contributed by atoms with Gasteiger partial charge in [-0.1, -0.05) is 42.5 Å². The lowest BCUT2D eigenvalue weighted by molar-refractivity contribution is -0.384. The maximum absolute atomic E-state index is 12.6. The van der Waals surface area contributed by atoms with E-state index in [1.165, 1.54) is 17.0 Å². The second-order valence-corrected chi connectivity index (χ2v) is 6.37. The fourth-order valence-corrected chi connectivity index (χ4v) is 2.91. The first-order valence-corrected chi connectivity index (χ1v) is 8.29. The summed E-state index contributed by atoms with van der Waals surface area (Å²) in [5, 5.41) is 21.4. The zero-order chi connectivity index (χ0) is 18.8. The molecule has 0 aliphatic carbocycles. The maximum atomic E-state index is 12.6. The van der Waals surface area contributed by atoms with E-state index in [0.717, 1.165) is 5.56 Å². The van der Waals surface area contributed by atoms with E-state index in [1.54, 1.807) is 38.2 Å². The molecule has 136 valence electrons. The first-order valence-electron chi connectivity index (χ1n) is 8.29. The van der Waals surface area contributed by atoms with Crippen molar-refractivity contribution in [2.75, 3.05) is 7.05 Å². The lowest BCUT2D eigenvalue weighted by Crippen LogP contribution is -2.41. The number of rotatable bonds is 6. The molecule has 0 bridgehead atoms. The number of non-ortho nitro benzene ring substituents is 1. The van der Waals surface area contributed by atoms with Gasteiger partial charge < -0.3 is 14.7 Å². The lowest BCUT2D eigenvalue weighted by atomic mass is 10.0. The Morgan fingerprint density at radius 3 is 2.58 bits per heavy atom. The van der Waals surface area contributed by atoms with Crippen LogP contribution < -0.4 is 0 Å². The van der Waals surface area contributed by atoms with Crippen molar-refractivity contribution in [1.29, 1.82) is 0 Å². The van der Waals surface area contributed by atoms with Crippen LogP contribution in [0.15, 0.2) is 54.6 Å². The van der Waals surface area contributed by atoms with Crippen molar-refractivity contribution < 1.29 is 19.6 Å². The van der Waals surface area contributed by atoms with Crippen LogP contribution in [0.2, 0.25) is 0 Å². The molecular weight excluding hydrogens is 336 g/mol. The van der Waals surface area contributed by atoms with Crippen LogP contribution in [0.4, 0.5) is 5.69 Å². The molecule has 3 rings (SSSR count). The Kier molecular flexibility index (Phi) is 5.01. The van der Waals surface area contributed by atoms with E-state index in [-0.39, 0.29) is 11.6 Å². The van der Waals surface area contributed by atoms with Gasteiger partial charge in [-0.3, -0.25) is 14.9 Å². The molecule has 1 aliphatic heterocycles. The zero-order valence-electron chi connectivity index (χ0n) is 14.5. The number of aliphatic hydroxyl groups is 1. The van der Waals surface area contributed by atoms with E-state index in [0.29, 0.717) is 5.56 Å². The number of ether oxygens (including phenoxy) is 1. The summed E-state index contributed by atoms with van der Waals surface area (Å²) in [4.78, 5) is 24.5. The minimum atomic E-state index is -0.819. The van der Waals surface area contributed by atoms with E-state index >= 15 is 0 Å². The molecule has 1 aliphatic rings. The largest absolute Gasteiger partial charge is 0.386 e. The first-order chi connectivity index (χ1) is 12.4. The molecule has 0 spiro atoms. The Bertz CT molecular complexity index is 811. The number of carbonyl (C=O) groups is 1. The third kappa shape index (κ3) is 3.58. The molecule has 7 heteroatoms. The van der Waals surface area contributed by atoms with Crippen LogP contribution in [0, 0.1) is 10.1 Å². The molecule has 1 fully saturated rings. The van der Waals surface area contributed by atoms with Gasteiger partial charge in [0.15, 0.2) is 6.10 Å². The number of hydrogen-bond acceptors (Lipinski definition) is 5. The van der Waals surface area contributed by atoms with Crippen LogP contribution in [0.3, 0.4) is 0 Å². The first kappa shape index (κ1) is 18.0. The van der Waals surface area contributed by atoms with Crippen LogP contribution in [-0.2, 0) is 9.53 Å².